The predicted molar refractivity (Wildman–Crippen MR) is 70.0 cm³/mol. The molecule has 0 unspecified atom stereocenters. The molecule has 20 heavy (non-hydrogen) atoms. The van der Waals surface area contributed by atoms with E-state index in [1.165, 1.54) is 0 Å². The fraction of sp³-hybridized carbons (Fsp3) is 0.364. The molecule has 1 aromatic rings. The van der Waals surface area contributed by atoms with Gasteiger partial charge < -0.3 is 25.9 Å². The summed E-state index contributed by atoms with van der Waals surface area (Å²) in [5.74, 6) is -0.239. The second-order valence-corrected chi connectivity index (χ2v) is 3.96. The highest BCUT2D eigenvalue weighted by Gasteiger charge is 2.26. The van der Waals surface area contributed by atoms with Gasteiger partial charge in [0.1, 0.15) is 11.3 Å². The Morgan fingerprint density at radius 1 is 1.25 bits per heavy atom. The highest BCUT2D eigenvalue weighted by molar-refractivity contribution is 5.84. The van der Waals surface area contributed by atoms with Gasteiger partial charge >= 0.3 is 0 Å². The number of hydrogen-bond donors (Lipinski definition) is 4. The van der Waals surface area contributed by atoms with Crippen molar-refractivity contribution in [3.05, 3.63) is 33.9 Å². The molecule has 112 valence electrons. The molecule has 0 aliphatic carbocycles. The Bertz CT molecular complexity index is 477. The number of aliphatic hydroxyl groups is 3. The van der Waals surface area contributed by atoms with E-state index in [1.54, 1.807) is 0 Å². The Morgan fingerprint density at radius 2 is 1.80 bits per heavy atom. The van der Waals surface area contributed by atoms with E-state index in [0.717, 1.165) is 24.4 Å². The number of aromatic hydroxyl groups is 1. The van der Waals surface area contributed by atoms with Crippen LogP contribution in [-0.2, 0) is 0 Å². The minimum Gasteiger partial charge on any atom is -0.507 e. The van der Waals surface area contributed by atoms with E-state index in [2.05, 4.69) is 4.99 Å². The lowest BCUT2D eigenvalue weighted by molar-refractivity contribution is -0.384. The molecule has 0 aliphatic rings. The van der Waals surface area contributed by atoms with Crippen LogP contribution in [0.5, 0.6) is 5.75 Å². The van der Waals surface area contributed by atoms with Crippen molar-refractivity contribution in [2.45, 2.75) is 5.54 Å². The largest absolute Gasteiger partial charge is 0.507 e. The molecule has 0 aliphatic heterocycles. The molecule has 0 aromatic heterocycles. The topological polar surface area (TPSA) is 168 Å². The number of rotatable bonds is 6. The van der Waals surface area contributed by atoms with Crippen LogP contribution in [-0.4, -0.2) is 62.4 Å². The molecule has 0 heterocycles. The van der Waals surface area contributed by atoms with Crippen molar-refractivity contribution in [3.63, 3.8) is 0 Å². The van der Waals surface area contributed by atoms with Crippen LogP contribution in [0.3, 0.4) is 0 Å². The number of phenolic OH excluding ortho intramolecular Hbond substituents is 1. The van der Waals surface area contributed by atoms with E-state index in [1.807, 2.05) is 0 Å². The number of nitrogens with zero attached hydrogens (tertiary/aromatic N) is 2. The first kappa shape index (κ1) is 17.9. The summed E-state index contributed by atoms with van der Waals surface area (Å²) in [5, 5.41) is 47.3. The Kier molecular flexibility index (Phi) is 6.73. The fourth-order valence-corrected chi connectivity index (χ4v) is 1.24. The van der Waals surface area contributed by atoms with Gasteiger partial charge in [0.15, 0.2) is 0 Å². The maximum absolute atomic E-state index is 10.6. The number of phenols is 1. The summed E-state index contributed by atoms with van der Waals surface area (Å²) in [6, 6.07) is 3.36. The third kappa shape index (κ3) is 3.96. The van der Waals surface area contributed by atoms with Gasteiger partial charge in [-0.25, -0.2) is 0 Å². The number of nitro groups is 1. The fourth-order valence-electron chi connectivity index (χ4n) is 1.24. The summed E-state index contributed by atoms with van der Waals surface area (Å²) >= 11 is 0. The summed E-state index contributed by atoms with van der Waals surface area (Å²) in [5.41, 5.74) is -1.67. The molecule has 0 atom stereocenters. The molecule has 1 aromatic carbocycles. The van der Waals surface area contributed by atoms with Gasteiger partial charge in [0, 0.05) is 23.9 Å². The van der Waals surface area contributed by atoms with Crippen LogP contribution < -0.4 is 0 Å². The van der Waals surface area contributed by atoms with Gasteiger partial charge in [-0.2, -0.15) is 0 Å². The van der Waals surface area contributed by atoms with Crippen LogP contribution in [0.1, 0.15) is 5.56 Å². The van der Waals surface area contributed by atoms with E-state index in [-0.39, 0.29) is 22.5 Å². The highest BCUT2D eigenvalue weighted by atomic mass is 16.6. The van der Waals surface area contributed by atoms with Crippen molar-refractivity contribution in [3.8, 4) is 5.75 Å². The number of benzene rings is 1. The van der Waals surface area contributed by atoms with Crippen LogP contribution in [0.25, 0.3) is 0 Å². The van der Waals surface area contributed by atoms with E-state index < -0.39 is 30.3 Å². The van der Waals surface area contributed by atoms with Crippen LogP contribution >= 0.6 is 0 Å². The first-order valence-electron chi connectivity index (χ1n) is 5.33. The van der Waals surface area contributed by atoms with Gasteiger partial charge in [-0.1, -0.05) is 0 Å². The summed E-state index contributed by atoms with van der Waals surface area (Å²) < 4.78 is 0. The van der Waals surface area contributed by atoms with Crippen molar-refractivity contribution < 1.29 is 30.8 Å². The van der Waals surface area contributed by atoms with Crippen molar-refractivity contribution in [1.29, 1.82) is 0 Å². The smallest absolute Gasteiger partial charge is 0.270 e. The zero-order valence-electron chi connectivity index (χ0n) is 10.4. The average molecular weight is 288 g/mol. The maximum atomic E-state index is 10.6. The minimum atomic E-state index is -1.49. The lowest BCUT2D eigenvalue weighted by atomic mass is 10.0. The quantitative estimate of drug-likeness (QED) is 0.285. The van der Waals surface area contributed by atoms with Crippen LogP contribution in [0.15, 0.2) is 23.2 Å². The molecule has 0 bridgehead atoms. The Labute approximate surface area is 113 Å². The normalized spacial score (nSPS) is 11.3. The predicted octanol–water partition coefficient (Wildman–Crippen LogP) is -1.39. The van der Waals surface area contributed by atoms with Gasteiger partial charge in [-0.3, -0.25) is 15.1 Å². The summed E-state index contributed by atoms with van der Waals surface area (Å²) in [6.45, 7) is -1.81. The molecule has 6 N–H and O–H groups in total. The van der Waals surface area contributed by atoms with Gasteiger partial charge in [0.25, 0.3) is 5.69 Å². The molecule has 9 heteroatoms. The Balaban J connectivity index is 0.00000361. The van der Waals surface area contributed by atoms with Gasteiger partial charge in [0.05, 0.1) is 24.7 Å². The van der Waals surface area contributed by atoms with Crippen molar-refractivity contribution in [2.75, 3.05) is 19.8 Å². The van der Waals surface area contributed by atoms with E-state index in [4.69, 9.17) is 15.3 Å². The second kappa shape index (κ2) is 7.50. The average Bonchev–Trinajstić information content (AvgIpc) is 2.42. The first-order chi connectivity index (χ1) is 8.98. The molecule has 0 spiro atoms. The van der Waals surface area contributed by atoms with Crippen molar-refractivity contribution in [1.82, 2.24) is 0 Å². The Hall–Kier alpha value is -2.07. The van der Waals surface area contributed by atoms with Crippen molar-refractivity contribution >= 4 is 11.9 Å². The van der Waals surface area contributed by atoms with E-state index in [0.29, 0.717) is 0 Å². The van der Waals surface area contributed by atoms with Crippen LogP contribution in [0, 0.1) is 10.1 Å². The van der Waals surface area contributed by atoms with Crippen LogP contribution in [0.4, 0.5) is 5.69 Å². The number of non-ortho nitro benzene ring substituents is 1. The molecule has 0 fully saturated rings. The second-order valence-electron chi connectivity index (χ2n) is 3.96. The molecule has 0 saturated carbocycles. The Morgan fingerprint density at radius 3 is 2.25 bits per heavy atom. The molecule has 0 radical (unpaired) electrons. The summed E-state index contributed by atoms with van der Waals surface area (Å²) in [4.78, 5) is 13.7. The molecular weight excluding hydrogens is 272 g/mol. The molecule has 9 nitrogen and oxygen atoms in total. The first-order valence-corrected chi connectivity index (χ1v) is 5.33. The number of aliphatic hydroxyl groups excluding tert-OH is 3. The lowest BCUT2D eigenvalue weighted by Crippen LogP contribution is -2.39. The molecular formula is C11H16N2O7. The van der Waals surface area contributed by atoms with Gasteiger partial charge in [-0.05, 0) is 6.07 Å². The highest BCUT2D eigenvalue weighted by Crippen LogP contribution is 2.22. The van der Waals surface area contributed by atoms with Crippen molar-refractivity contribution in [2.24, 2.45) is 4.99 Å². The zero-order chi connectivity index (χ0) is 14.5. The van der Waals surface area contributed by atoms with E-state index >= 15 is 0 Å². The number of aliphatic imine (C=N–C) groups is 1. The zero-order valence-corrected chi connectivity index (χ0v) is 10.4. The lowest BCUT2D eigenvalue weighted by Gasteiger charge is -2.21. The van der Waals surface area contributed by atoms with Gasteiger partial charge in [0.2, 0.25) is 0 Å². The van der Waals surface area contributed by atoms with Gasteiger partial charge in [-0.15, -0.1) is 0 Å². The number of hydrogen-bond acceptors (Lipinski definition) is 7. The third-order valence-corrected chi connectivity index (χ3v) is 2.58. The summed E-state index contributed by atoms with van der Waals surface area (Å²) in [7, 11) is 0. The minimum absolute atomic E-state index is 0. The van der Waals surface area contributed by atoms with E-state index in [9.17, 15) is 15.2 Å². The molecule has 1 rings (SSSR count). The number of nitro benzene ring substituents is 1. The molecule has 0 amide bonds. The molecule has 0 saturated heterocycles. The monoisotopic (exact) mass is 288 g/mol. The van der Waals surface area contributed by atoms with Crippen LogP contribution in [0.2, 0.25) is 0 Å². The standard InChI is InChI=1S/C11H14N2O6.H2O/c14-5-11(6-15,7-16)12-4-8-3-9(13(18)19)1-2-10(8)17;/h1-4,14-17H,5-7H2;1H2. The summed E-state index contributed by atoms with van der Waals surface area (Å²) in [6.07, 6.45) is 1.06. The maximum Gasteiger partial charge on any atom is 0.270 e. The SMILES string of the molecule is O.O=[N+]([O-])c1ccc(O)c(C=NC(CO)(CO)CO)c1. The third-order valence-electron chi connectivity index (χ3n) is 2.58.